The van der Waals surface area contributed by atoms with Gasteiger partial charge in [0.1, 0.15) is 10.8 Å². The van der Waals surface area contributed by atoms with Gasteiger partial charge in [-0.05, 0) is 64.9 Å². The number of carbonyl (C=O) groups excluding carboxylic acids is 1. The van der Waals surface area contributed by atoms with Gasteiger partial charge >= 0.3 is 0 Å². The van der Waals surface area contributed by atoms with Crippen LogP contribution in [0.5, 0.6) is 5.75 Å². The molecule has 0 bridgehead atoms. The molecular weight excluding hydrogens is 440 g/mol. The average Bonchev–Trinajstić information content (AvgIpc) is 3.35. The zero-order valence-electron chi connectivity index (χ0n) is 18.9. The first-order valence-corrected chi connectivity index (χ1v) is 12.8. The number of rotatable bonds is 8. The third-order valence-electron chi connectivity index (χ3n) is 5.48. The molecule has 0 aliphatic carbocycles. The highest BCUT2D eigenvalue weighted by Gasteiger charge is 2.18. The SMILES string of the molecule is Cc1nc(CN2CCCCC2)sc1-c1csc(Cc2cc(C(N)=O)ccc2OC(C)C)n1. The summed E-state index contributed by atoms with van der Waals surface area (Å²) < 4.78 is 5.95. The van der Waals surface area contributed by atoms with Crippen LogP contribution in [-0.2, 0) is 13.0 Å². The van der Waals surface area contributed by atoms with Crippen LogP contribution in [0.1, 0.15) is 64.7 Å². The van der Waals surface area contributed by atoms with Crippen molar-refractivity contribution in [3.05, 3.63) is 50.4 Å². The van der Waals surface area contributed by atoms with E-state index in [9.17, 15) is 4.79 Å². The number of primary amides is 1. The zero-order chi connectivity index (χ0) is 22.7. The highest BCUT2D eigenvalue weighted by atomic mass is 32.1. The summed E-state index contributed by atoms with van der Waals surface area (Å²) in [6, 6.07) is 5.35. The molecule has 2 aromatic heterocycles. The van der Waals surface area contributed by atoms with E-state index in [1.807, 2.05) is 26.0 Å². The normalized spacial score (nSPS) is 14.8. The van der Waals surface area contributed by atoms with Crippen LogP contribution in [0.25, 0.3) is 10.6 Å². The number of thiazole rings is 2. The molecule has 3 aromatic rings. The summed E-state index contributed by atoms with van der Waals surface area (Å²) in [5.41, 5.74) is 8.91. The van der Waals surface area contributed by atoms with Gasteiger partial charge in [-0.15, -0.1) is 22.7 Å². The minimum Gasteiger partial charge on any atom is -0.491 e. The maximum Gasteiger partial charge on any atom is 0.248 e. The van der Waals surface area contributed by atoms with E-state index in [0.29, 0.717) is 12.0 Å². The summed E-state index contributed by atoms with van der Waals surface area (Å²) in [6.07, 6.45) is 4.54. The van der Waals surface area contributed by atoms with Crippen molar-refractivity contribution in [3.63, 3.8) is 0 Å². The Morgan fingerprint density at radius 1 is 1.19 bits per heavy atom. The highest BCUT2D eigenvalue weighted by molar-refractivity contribution is 7.16. The van der Waals surface area contributed by atoms with Crippen molar-refractivity contribution in [1.29, 1.82) is 0 Å². The molecule has 4 rings (SSSR count). The number of aromatic nitrogens is 2. The van der Waals surface area contributed by atoms with Crippen LogP contribution in [-0.4, -0.2) is 40.0 Å². The minimum absolute atomic E-state index is 0.0400. The van der Waals surface area contributed by atoms with Crippen LogP contribution >= 0.6 is 22.7 Å². The van der Waals surface area contributed by atoms with Gasteiger partial charge in [-0.3, -0.25) is 9.69 Å². The van der Waals surface area contributed by atoms with Crippen molar-refractivity contribution in [1.82, 2.24) is 14.9 Å². The maximum absolute atomic E-state index is 11.7. The summed E-state index contributed by atoms with van der Waals surface area (Å²) in [4.78, 5) is 25.0. The number of hydrogen-bond acceptors (Lipinski definition) is 7. The summed E-state index contributed by atoms with van der Waals surface area (Å²) in [7, 11) is 0. The number of nitrogens with two attached hydrogens (primary N) is 1. The molecule has 0 atom stereocenters. The van der Waals surface area contributed by atoms with Gasteiger partial charge in [0, 0.05) is 22.9 Å². The standard InChI is InChI=1S/C24H30N4O2S2/c1-15(2)30-20-8-7-17(24(25)29)11-18(20)12-21-27-19(14-31-21)23-16(3)26-22(32-23)13-28-9-5-4-6-10-28/h7-8,11,14-15H,4-6,9-10,12-13H2,1-3H3,(H2,25,29). The molecule has 32 heavy (non-hydrogen) atoms. The maximum atomic E-state index is 11.7. The Morgan fingerprint density at radius 3 is 2.69 bits per heavy atom. The van der Waals surface area contributed by atoms with E-state index in [1.165, 1.54) is 32.4 Å². The number of ether oxygens (including phenoxy) is 1. The predicted octanol–water partition coefficient (Wildman–Crippen LogP) is 5.04. The van der Waals surface area contributed by atoms with Crippen LogP contribution < -0.4 is 10.5 Å². The van der Waals surface area contributed by atoms with Crippen molar-refractivity contribution in [2.75, 3.05) is 13.1 Å². The molecule has 0 spiro atoms. The van der Waals surface area contributed by atoms with E-state index in [2.05, 4.69) is 17.2 Å². The second-order valence-corrected chi connectivity index (χ2v) is 10.5. The second-order valence-electron chi connectivity index (χ2n) is 8.52. The minimum atomic E-state index is -0.441. The Labute approximate surface area is 197 Å². The van der Waals surface area contributed by atoms with Gasteiger partial charge in [0.2, 0.25) is 5.91 Å². The Morgan fingerprint density at radius 2 is 1.97 bits per heavy atom. The number of likely N-dealkylation sites (tertiary alicyclic amines) is 1. The molecule has 1 amide bonds. The molecule has 0 saturated carbocycles. The van der Waals surface area contributed by atoms with Crippen molar-refractivity contribution >= 4 is 28.6 Å². The first-order valence-electron chi connectivity index (χ1n) is 11.1. The van der Waals surface area contributed by atoms with Crippen LogP contribution in [0.4, 0.5) is 0 Å². The van der Waals surface area contributed by atoms with Gasteiger partial charge in [0.05, 0.1) is 33.9 Å². The van der Waals surface area contributed by atoms with Crippen LogP contribution in [0.15, 0.2) is 23.6 Å². The molecule has 170 valence electrons. The second kappa shape index (κ2) is 10.1. The van der Waals surface area contributed by atoms with Gasteiger partial charge < -0.3 is 10.5 Å². The van der Waals surface area contributed by atoms with Crippen molar-refractivity contribution < 1.29 is 9.53 Å². The molecule has 1 saturated heterocycles. The van der Waals surface area contributed by atoms with Crippen LogP contribution in [0.2, 0.25) is 0 Å². The van der Waals surface area contributed by atoms with Crippen molar-refractivity contribution in [2.24, 2.45) is 5.73 Å². The topological polar surface area (TPSA) is 81.3 Å². The van der Waals surface area contributed by atoms with Crippen molar-refractivity contribution in [3.8, 4) is 16.3 Å². The summed E-state index contributed by atoms with van der Waals surface area (Å²) >= 11 is 3.37. The van der Waals surface area contributed by atoms with Crippen LogP contribution in [0.3, 0.4) is 0 Å². The molecule has 1 aliphatic heterocycles. The van der Waals surface area contributed by atoms with E-state index in [0.717, 1.165) is 44.1 Å². The molecule has 8 heteroatoms. The monoisotopic (exact) mass is 470 g/mol. The molecule has 6 nitrogen and oxygen atoms in total. The first-order chi connectivity index (χ1) is 15.4. The fraction of sp³-hybridized carbons (Fsp3) is 0.458. The lowest BCUT2D eigenvalue weighted by Crippen LogP contribution is -2.28. The van der Waals surface area contributed by atoms with Gasteiger partial charge in [-0.2, -0.15) is 0 Å². The quantitative estimate of drug-likeness (QED) is 0.499. The molecule has 1 aromatic carbocycles. The lowest BCUT2D eigenvalue weighted by Gasteiger charge is -2.25. The van der Waals surface area contributed by atoms with Crippen LogP contribution in [0, 0.1) is 6.92 Å². The van der Waals surface area contributed by atoms with E-state index in [1.54, 1.807) is 28.7 Å². The number of benzene rings is 1. The summed E-state index contributed by atoms with van der Waals surface area (Å²) in [6.45, 7) is 9.30. The summed E-state index contributed by atoms with van der Waals surface area (Å²) in [5, 5.41) is 4.23. The third-order valence-corrected chi connectivity index (χ3v) is 7.50. The number of amides is 1. The van der Waals surface area contributed by atoms with Gasteiger partial charge in [0.15, 0.2) is 0 Å². The fourth-order valence-electron chi connectivity index (χ4n) is 3.97. The fourth-order valence-corrected chi connectivity index (χ4v) is 5.92. The van der Waals surface area contributed by atoms with E-state index in [-0.39, 0.29) is 6.10 Å². The third kappa shape index (κ3) is 5.54. The average molecular weight is 471 g/mol. The molecule has 0 radical (unpaired) electrons. The van der Waals surface area contributed by atoms with Gasteiger partial charge in [0.25, 0.3) is 0 Å². The van der Waals surface area contributed by atoms with E-state index >= 15 is 0 Å². The molecule has 1 aliphatic rings. The Hall–Kier alpha value is -2.29. The zero-order valence-corrected chi connectivity index (χ0v) is 20.5. The van der Waals surface area contributed by atoms with Crippen molar-refractivity contribution in [2.45, 2.75) is 59.1 Å². The smallest absolute Gasteiger partial charge is 0.248 e. The first kappa shape index (κ1) is 22.9. The summed E-state index contributed by atoms with van der Waals surface area (Å²) in [5.74, 6) is 0.322. The number of aryl methyl sites for hydroxylation is 1. The Bertz CT molecular complexity index is 1080. The molecular formula is C24H30N4O2S2. The predicted molar refractivity (Wildman–Crippen MR) is 131 cm³/mol. The Balaban J connectivity index is 1.53. The van der Waals surface area contributed by atoms with Gasteiger partial charge in [-0.1, -0.05) is 6.42 Å². The molecule has 1 fully saturated rings. The van der Waals surface area contributed by atoms with E-state index < -0.39 is 5.91 Å². The number of hydrogen-bond donors (Lipinski definition) is 1. The lowest BCUT2D eigenvalue weighted by atomic mass is 10.1. The Kier molecular flexibility index (Phi) is 7.23. The lowest BCUT2D eigenvalue weighted by molar-refractivity contribution is 0.1000. The van der Waals surface area contributed by atoms with Gasteiger partial charge in [-0.25, -0.2) is 9.97 Å². The molecule has 0 unspecified atom stereocenters. The number of piperidine rings is 1. The van der Waals surface area contributed by atoms with E-state index in [4.69, 9.17) is 20.4 Å². The largest absolute Gasteiger partial charge is 0.491 e. The number of nitrogens with zero attached hydrogens (tertiary/aromatic N) is 3. The molecule has 3 heterocycles. The molecule has 2 N–H and O–H groups in total. The number of carbonyl (C=O) groups is 1. The highest BCUT2D eigenvalue weighted by Crippen LogP contribution is 2.33.